The van der Waals surface area contributed by atoms with Gasteiger partial charge in [-0.05, 0) is 39.5 Å². The first-order valence-electron chi connectivity index (χ1n) is 5.83. The Hall–Kier alpha value is 0.793. The van der Waals surface area contributed by atoms with Crippen LogP contribution in [0.2, 0.25) is 0 Å². The van der Waals surface area contributed by atoms with Crippen molar-refractivity contribution in [3.05, 3.63) is 0 Å². The molecule has 8 nitrogen and oxygen atoms in total. The summed E-state index contributed by atoms with van der Waals surface area (Å²) in [4.78, 5) is 20.8. The fourth-order valence-electron chi connectivity index (χ4n) is 1.17. The van der Waals surface area contributed by atoms with Crippen molar-refractivity contribution >= 4 is 11.9 Å². The average Bonchev–Trinajstić information content (AvgIpc) is 2.41. The van der Waals surface area contributed by atoms with E-state index in [1.807, 2.05) is 0 Å². The van der Waals surface area contributed by atoms with Crippen LogP contribution in [0.25, 0.3) is 0 Å². The summed E-state index contributed by atoms with van der Waals surface area (Å²) >= 11 is 0. The van der Waals surface area contributed by atoms with Crippen molar-refractivity contribution in [1.29, 1.82) is 10.5 Å². The third-order valence-electron chi connectivity index (χ3n) is 2.60. The van der Waals surface area contributed by atoms with E-state index in [1.54, 1.807) is 12.1 Å². The first kappa shape index (κ1) is 27.6. The van der Waals surface area contributed by atoms with Crippen LogP contribution in [0.4, 0.5) is 0 Å². The molecule has 0 rings (SSSR count). The summed E-state index contributed by atoms with van der Waals surface area (Å²) in [6.45, 7) is 2.74. The first-order valence-corrected chi connectivity index (χ1v) is 5.83. The average molecular weight is 356 g/mol. The number of hydrogen-bond donors (Lipinski definition) is 0. The quantitative estimate of drug-likeness (QED) is 0.311. The van der Waals surface area contributed by atoms with Crippen molar-refractivity contribution in [3.8, 4) is 12.1 Å². The molecule has 22 heavy (non-hydrogen) atoms. The van der Waals surface area contributed by atoms with Gasteiger partial charge in [0.15, 0.2) is 11.1 Å². The Balaban J connectivity index is -0.00000180. The molecule has 0 bridgehead atoms. The van der Waals surface area contributed by atoms with Gasteiger partial charge in [-0.1, -0.05) is 0 Å². The van der Waals surface area contributed by atoms with Crippen LogP contribution in [0.3, 0.4) is 0 Å². The van der Waals surface area contributed by atoms with Gasteiger partial charge in [-0.15, -0.1) is 0 Å². The normalized spacial score (nSPS) is 15.1. The summed E-state index contributed by atoms with van der Waals surface area (Å²) in [5.41, 5.74) is -2.81. The molecule has 0 fully saturated rings. The monoisotopic (exact) mass is 356 g/mol. The van der Waals surface area contributed by atoms with Crippen molar-refractivity contribution in [3.63, 3.8) is 0 Å². The molecule has 0 amide bonds. The van der Waals surface area contributed by atoms with Crippen LogP contribution >= 0.6 is 0 Å². The molecule has 0 spiro atoms. The van der Waals surface area contributed by atoms with Gasteiger partial charge in [-0.3, -0.25) is 0 Å². The van der Waals surface area contributed by atoms with Crippen molar-refractivity contribution in [2.75, 3.05) is 0 Å². The smallest absolute Gasteiger partial charge is 0.550 e. The van der Waals surface area contributed by atoms with Gasteiger partial charge in [0, 0.05) is 11.9 Å². The Morgan fingerprint density at radius 3 is 1.36 bits per heavy atom. The second kappa shape index (κ2) is 13.1. The van der Waals surface area contributed by atoms with Crippen LogP contribution < -0.4 is 113 Å². The molecule has 0 aromatic heterocycles. The van der Waals surface area contributed by atoms with Gasteiger partial charge in [0.25, 0.3) is 0 Å². The van der Waals surface area contributed by atoms with Crippen LogP contribution in [0, 0.1) is 22.7 Å². The van der Waals surface area contributed by atoms with Crippen molar-refractivity contribution in [2.24, 2.45) is 10.2 Å². The van der Waals surface area contributed by atoms with E-state index in [0.29, 0.717) is 0 Å². The summed E-state index contributed by atoms with van der Waals surface area (Å²) in [5.74, 6) is -2.64. The molecule has 0 aromatic carbocycles. The molecule has 0 aromatic rings. The number of carboxylic acids is 2. The number of nitriles is 2. The first-order chi connectivity index (χ1) is 9.16. The van der Waals surface area contributed by atoms with Gasteiger partial charge in [0.1, 0.15) is 0 Å². The maximum Gasteiger partial charge on any atom is 1.00 e. The van der Waals surface area contributed by atoms with Gasteiger partial charge >= 0.3 is 103 Å². The maximum absolute atomic E-state index is 10.4. The third kappa shape index (κ3) is 12.2. The Bertz CT molecular complexity index is 456. The Labute approximate surface area is 214 Å². The van der Waals surface area contributed by atoms with E-state index in [0.717, 1.165) is 0 Å². The van der Waals surface area contributed by atoms with Gasteiger partial charge in [-0.25, -0.2) is 0 Å². The zero-order valence-electron chi connectivity index (χ0n) is 13.3. The zero-order valence-corrected chi connectivity index (χ0v) is 19.5. The number of carboxylic acid groups (broad SMARTS) is 2. The Kier molecular flexibility index (Phi) is 16.5. The maximum atomic E-state index is 10.4. The minimum atomic E-state index is -1.40. The van der Waals surface area contributed by atoms with Gasteiger partial charge in [0.2, 0.25) is 0 Å². The van der Waals surface area contributed by atoms with Crippen LogP contribution in [0.15, 0.2) is 10.2 Å². The van der Waals surface area contributed by atoms with Gasteiger partial charge < -0.3 is 19.8 Å². The van der Waals surface area contributed by atoms with E-state index in [1.165, 1.54) is 13.8 Å². The number of carbonyl (C=O) groups is 2. The molecule has 0 heterocycles. The second-order valence-electron chi connectivity index (χ2n) is 4.72. The van der Waals surface area contributed by atoms with Crippen LogP contribution in [0.5, 0.6) is 0 Å². The van der Waals surface area contributed by atoms with E-state index in [-0.39, 0.29) is 128 Å². The standard InChI is InChI=1S/C12H16N4O4.2K/c1-11(7-13,5-3-9(17)18)15-16-12(2,8-14)6-4-10(19)20;;/h3-6H2,1-2H3,(H,17,18)(H,19,20);;/q;2*+1/p-2/b16-15+;;. The molecular formula is C12H14K2N4O4. The SMILES string of the molecule is CC(C#N)(CCC(=O)[O-])/N=N/C(C)(C#N)CCC(=O)[O-].[K+].[K+]. The number of hydrogen-bond acceptors (Lipinski definition) is 8. The Morgan fingerprint density at radius 1 is 0.909 bits per heavy atom. The summed E-state index contributed by atoms with van der Waals surface area (Å²) < 4.78 is 0. The van der Waals surface area contributed by atoms with Crippen molar-refractivity contribution < 1.29 is 123 Å². The van der Waals surface area contributed by atoms with E-state index in [2.05, 4.69) is 10.2 Å². The van der Waals surface area contributed by atoms with E-state index < -0.39 is 23.0 Å². The van der Waals surface area contributed by atoms with Crippen molar-refractivity contribution in [1.82, 2.24) is 0 Å². The number of nitrogens with zero attached hydrogens (tertiary/aromatic N) is 4. The molecule has 10 heteroatoms. The van der Waals surface area contributed by atoms with Crippen LogP contribution in [0.1, 0.15) is 39.5 Å². The van der Waals surface area contributed by atoms with Gasteiger partial charge in [0.05, 0.1) is 12.1 Å². The number of azo groups is 1. The molecule has 2 unspecified atom stereocenters. The summed E-state index contributed by atoms with van der Waals surface area (Å²) in [6.07, 6.45) is -0.967. The molecule has 0 N–H and O–H groups in total. The summed E-state index contributed by atoms with van der Waals surface area (Å²) in [5, 5.41) is 46.1. The fourth-order valence-corrected chi connectivity index (χ4v) is 1.17. The predicted molar refractivity (Wildman–Crippen MR) is 61.4 cm³/mol. The summed E-state index contributed by atoms with van der Waals surface area (Å²) in [6, 6.07) is 3.61. The van der Waals surface area contributed by atoms with Crippen LogP contribution in [-0.4, -0.2) is 23.0 Å². The molecule has 108 valence electrons. The third-order valence-corrected chi connectivity index (χ3v) is 2.60. The van der Waals surface area contributed by atoms with E-state index >= 15 is 0 Å². The second-order valence-corrected chi connectivity index (χ2v) is 4.72. The number of carbonyl (C=O) groups excluding carboxylic acids is 2. The topological polar surface area (TPSA) is 153 Å². The molecule has 0 aliphatic heterocycles. The van der Waals surface area contributed by atoms with E-state index in [9.17, 15) is 19.8 Å². The molecule has 0 saturated carbocycles. The minimum absolute atomic E-state index is 0. The Morgan fingerprint density at radius 2 is 1.18 bits per heavy atom. The zero-order chi connectivity index (χ0) is 15.8. The molecule has 0 saturated heterocycles. The van der Waals surface area contributed by atoms with E-state index in [4.69, 9.17) is 10.5 Å². The number of rotatable bonds is 8. The number of aliphatic carboxylic acids is 2. The summed E-state index contributed by atoms with van der Waals surface area (Å²) in [7, 11) is 0. The predicted octanol–water partition coefficient (Wildman–Crippen LogP) is -6.93. The largest absolute Gasteiger partial charge is 1.00 e. The molecular weight excluding hydrogens is 342 g/mol. The molecule has 2 atom stereocenters. The molecule has 0 aliphatic rings. The van der Waals surface area contributed by atoms with Gasteiger partial charge in [-0.2, -0.15) is 20.8 Å². The van der Waals surface area contributed by atoms with Crippen LogP contribution in [-0.2, 0) is 9.59 Å². The molecule has 0 radical (unpaired) electrons. The molecule has 0 aliphatic carbocycles. The minimum Gasteiger partial charge on any atom is -0.550 e. The fraction of sp³-hybridized carbons (Fsp3) is 0.667. The van der Waals surface area contributed by atoms with Crippen molar-refractivity contribution in [2.45, 2.75) is 50.6 Å².